The van der Waals surface area contributed by atoms with Crippen molar-refractivity contribution >= 4 is 35.1 Å². The number of anilines is 2. The zero-order chi connectivity index (χ0) is 19.7. The van der Waals surface area contributed by atoms with E-state index >= 15 is 0 Å². The molecule has 0 bridgehead atoms. The SMILES string of the molecule is COc1ccc(-c2nc3n(n2)C(CC(=O)Nc2ccccc2Cl)C(=O)N3)cc1. The fourth-order valence-electron chi connectivity index (χ4n) is 2.91. The van der Waals surface area contributed by atoms with E-state index in [0.29, 0.717) is 22.5 Å². The van der Waals surface area contributed by atoms with Gasteiger partial charge in [-0.2, -0.15) is 4.98 Å². The summed E-state index contributed by atoms with van der Waals surface area (Å²) >= 11 is 6.06. The number of hydrogen-bond donors (Lipinski definition) is 2. The van der Waals surface area contributed by atoms with E-state index in [0.717, 1.165) is 11.3 Å². The molecule has 0 saturated heterocycles. The van der Waals surface area contributed by atoms with Gasteiger partial charge in [0, 0.05) is 5.56 Å². The van der Waals surface area contributed by atoms with Gasteiger partial charge < -0.3 is 10.1 Å². The normalized spacial score (nSPS) is 15.1. The first-order valence-corrected chi connectivity index (χ1v) is 8.89. The molecule has 3 aromatic rings. The van der Waals surface area contributed by atoms with Crippen molar-refractivity contribution < 1.29 is 14.3 Å². The molecule has 4 rings (SSSR count). The number of carbonyl (C=O) groups is 2. The Labute approximate surface area is 165 Å². The monoisotopic (exact) mass is 397 g/mol. The second-order valence-electron chi connectivity index (χ2n) is 6.17. The second-order valence-corrected chi connectivity index (χ2v) is 6.58. The molecule has 1 unspecified atom stereocenters. The predicted molar refractivity (Wildman–Crippen MR) is 104 cm³/mol. The minimum atomic E-state index is -0.781. The maximum absolute atomic E-state index is 12.4. The number of benzene rings is 2. The molecule has 1 aromatic heterocycles. The summed E-state index contributed by atoms with van der Waals surface area (Å²) in [6.07, 6.45) is -0.0878. The van der Waals surface area contributed by atoms with Gasteiger partial charge in [-0.15, -0.1) is 5.10 Å². The van der Waals surface area contributed by atoms with Crippen molar-refractivity contribution in [1.29, 1.82) is 0 Å². The molecule has 2 aromatic carbocycles. The number of ether oxygens (including phenoxy) is 1. The zero-order valence-electron chi connectivity index (χ0n) is 14.8. The standard InChI is InChI=1S/C19H16ClN5O3/c1-28-12-8-6-11(7-9-12)17-22-19-23-18(27)15(25(19)24-17)10-16(26)21-14-5-3-2-4-13(14)20/h2-9,15H,10H2,1H3,(H,21,26)(H,22,23,24,27). The Morgan fingerprint density at radius 2 is 2.00 bits per heavy atom. The lowest BCUT2D eigenvalue weighted by Gasteiger charge is -2.10. The molecule has 2 N–H and O–H groups in total. The summed E-state index contributed by atoms with van der Waals surface area (Å²) in [5.41, 5.74) is 1.27. The third-order valence-electron chi connectivity index (χ3n) is 4.34. The number of aromatic nitrogens is 3. The average molecular weight is 398 g/mol. The predicted octanol–water partition coefficient (Wildman–Crippen LogP) is 3.13. The molecule has 1 atom stereocenters. The van der Waals surface area contributed by atoms with E-state index in [1.165, 1.54) is 4.68 Å². The summed E-state index contributed by atoms with van der Waals surface area (Å²) < 4.78 is 6.58. The fraction of sp³-hybridized carbons (Fsp3) is 0.158. The lowest BCUT2D eigenvalue weighted by Crippen LogP contribution is -2.23. The molecule has 0 spiro atoms. The van der Waals surface area contributed by atoms with E-state index in [1.54, 1.807) is 43.5 Å². The molecule has 9 heteroatoms. The summed E-state index contributed by atoms with van der Waals surface area (Å²) in [6, 6.07) is 13.4. The fourth-order valence-corrected chi connectivity index (χ4v) is 3.09. The van der Waals surface area contributed by atoms with Crippen LogP contribution in [0.1, 0.15) is 12.5 Å². The van der Waals surface area contributed by atoms with Gasteiger partial charge in [0.15, 0.2) is 5.82 Å². The first-order chi connectivity index (χ1) is 13.5. The number of nitrogens with one attached hydrogen (secondary N) is 2. The first kappa shape index (κ1) is 18.0. The maximum atomic E-state index is 12.4. The van der Waals surface area contributed by atoms with Gasteiger partial charge in [0.2, 0.25) is 11.9 Å². The zero-order valence-corrected chi connectivity index (χ0v) is 15.6. The number of hydrogen-bond acceptors (Lipinski definition) is 5. The van der Waals surface area contributed by atoms with Gasteiger partial charge in [0.1, 0.15) is 11.8 Å². The minimum absolute atomic E-state index is 0.0878. The van der Waals surface area contributed by atoms with E-state index in [1.807, 2.05) is 12.1 Å². The number of methoxy groups -OCH3 is 1. The van der Waals surface area contributed by atoms with E-state index in [4.69, 9.17) is 16.3 Å². The van der Waals surface area contributed by atoms with Crippen molar-refractivity contribution in [3.8, 4) is 17.1 Å². The van der Waals surface area contributed by atoms with Gasteiger partial charge in [0.25, 0.3) is 5.91 Å². The number of rotatable bonds is 5. The van der Waals surface area contributed by atoms with Gasteiger partial charge >= 0.3 is 0 Å². The first-order valence-electron chi connectivity index (χ1n) is 8.51. The third kappa shape index (κ3) is 3.41. The number of halogens is 1. The molecule has 1 aliphatic rings. The smallest absolute Gasteiger partial charge is 0.252 e. The van der Waals surface area contributed by atoms with Crippen LogP contribution in [0.2, 0.25) is 5.02 Å². The molecule has 0 fully saturated rings. The molecule has 142 valence electrons. The Morgan fingerprint density at radius 1 is 1.25 bits per heavy atom. The molecular formula is C19H16ClN5O3. The number of fused-ring (bicyclic) bond motifs is 1. The highest BCUT2D eigenvalue weighted by Crippen LogP contribution is 2.29. The van der Waals surface area contributed by atoms with Gasteiger partial charge in [0.05, 0.1) is 24.2 Å². The van der Waals surface area contributed by atoms with Crippen LogP contribution in [0, 0.1) is 0 Å². The summed E-state index contributed by atoms with van der Waals surface area (Å²) in [7, 11) is 1.59. The molecule has 0 aliphatic carbocycles. The number of nitrogens with zero attached hydrogens (tertiary/aromatic N) is 3. The Balaban J connectivity index is 1.52. The topological polar surface area (TPSA) is 98.1 Å². The number of carbonyl (C=O) groups excluding carboxylic acids is 2. The maximum Gasteiger partial charge on any atom is 0.252 e. The Morgan fingerprint density at radius 3 is 2.71 bits per heavy atom. The number of amides is 2. The highest BCUT2D eigenvalue weighted by Gasteiger charge is 2.35. The van der Waals surface area contributed by atoms with Crippen molar-refractivity contribution in [1.82, 2.24) is 14.8 Å². The van der Waals surface area contributed by atoms with Gasteiger partial charge in [-0.05, 0) is 36.4 Å². The van der Waals surface area contributed by atoms with Crippen LogP contribution in [0.4, 0.5) is 11.6 Å². The molecular weight excluding hydrogens is 382 g/mol. The quantitative estimate of drug-likeness (QED) is 0.689. The van der Waals surface area contributed by atoms with Crippen molar-refractivity contribution in [2.75, 3.05) is 17.7 Å². The lowest BCUT2D eigenvalue weighted by atomic mass is 10.2. The summed E-state index contributed by atoms with van der Waals surface area (Å²) in [6.45, 7) is 0. The van der Waals surface area contributed by atoms with Gasteiger partial charge in [-0.25, -0.2) is 4.68 Å². The van der Waals surface area contributed by atoms with Crippen LogP contribution in [0.3, 0.4) is 0 Å². The molecule has 28 heavy (non-hydrogen) atoms. The summed E-state index contributed by atoms with van der Waals surface area (Å²) in [5.74, 6) is 0.812. The van der Waals surface area contributed by atoms with Gasteiger partial charge in [-0.1, -0.05) is 23.7 Å². The highest BCUT2D eigenvalue weighted by molar-refractivity contribution is 6.33. The van der Waals surface area contributed by atoms with Crippen LogP contribution in [-0.4, -0.2) is 33.7 Å². The molecule has 1 aliphatic heterocycles. The highest BCUT2D eigenvalue weighted by atomic mass is 35.5. The van der Waals surface area contributed by atoms with Crippen molar-refractivity contribution in [2.45, 2.75) is 12.5 Å². The van der Waals surface area contributed by atoms with Crippen LogP contribution < -0.4 is 15.4 Å². The van der Waals surface area contributed by atoms with E-state index < -0.39 is 6.04 Å². The Bertz CT molecular complexity index is 1050. The Hall–Kier alpha value is -3.39. The molecule has 0 radical (unpaired) electrons. The molecule has 2 heterocycles. The minimum Gasteiger partial charge on any atom is -0.497 e. The van der Waals surface area contributed by atoms with Crippen LogP contribution in [0.15, 0.2) is 48.5 Å². The van der Waals surface area contributed by atoms with E-state index in [2.05, 4.69) is 20.7 Å². The van der Waals surface area contributed by atoms with Gasteiger partial charge in [-0.3, -0.25) is 14.9 Å². The summed E-state index contributed by atoms with van der Waals surface area (Å²) in [5, 5.41) is 10.2. The number of para-hydroxylation sites is 1. The Kier molecular flexibility index (Phi) is 4.70. The summed E-state index contributed by atoms with van der Waals surface area (Å²) in [4.78, 5) is 29.0. The van der Waals surface area contributed by atoms with Crippen molar-refractivity contribution in [2.24, 2.45) is 0 Å². The van der Waals surface area contributed by atoms with Crippen molar-refractivity contribution in [3.05, 3.63) is 53.6 Å². The van der Waals surface area contributed by atoms with Crippen LogP contribution in [-0.2, 0) is 9.59 Å². The van der Waals surface area contributed by atoms with E-state index in [9.17, 15) is 9.59 Å². The van der Waals surface area contributed by atoms with Crippen LogP contribution >= 0.6 is 11.6 Å². The molecule has 0 saturated carbocycles. The lowest BCUT2D eigenvalue weighted by molar-refractivity contribution is -0.123. The molecule has 2 amide bonds. The average Bonchev–Trinajstić information content (AvgIpc) is 3.22. The van der Waals surface area contributed by atoms with Crippen molar-refractivity contribution in [3.63, 3.8) is 0 Å². The largest absolute Gasteiger partial charge is 0.497 e. The second kappa shape index (κ2) is 7.32. The third-order valence-corrected chi connectivity index (χ3v) is 4.67. The van der Waals surface area contributed by atoms with Crippen LogP contribution in [0.5, 0.6) is 5.75 Å². The van der Waals surface area contributed by atoms with Crippen LogP contribution in [0.25, 0.3) is 11.4 Å². The molecule has 8 nitrogen and oxygen atoms in total. The van der Waals surface area contributed by atoms with E-state index in [-0.39, 0.29) is 18.2 Å².